The van der Waals surface area contributed by atoms with Gasteiger partial charge in [-0.15, -0.1) is 0 Å². The fraction of sp³-hybridized carbons (Fsp3) is 0.458. The number of carbonyl (C=O) groups is 1. The van der Waals surface area contributed by atoms with E-state index in [1.54, 1.807) is 13.8 Å². The van der Waals surface area contributed by atoms with Crippen LogP contribution in [0.1, 0.15) is 68.3 Å². The number of rotatable bonds is 6. The summed E-state index contributed by atoms with van der Waals surface area (Å²) in [6.45, 7) is 5.58. The Morgan fingerprint density at radius 3 is 2.12 bits per heavy atom. The lowest BCUT2D eigenvalue weighted by Gasteiger charge is -2.18. The van der Waals surface area contributed by atoms with Gasteiger partial charge in [-0.1, -0.05) is 31.9 Å². The van der Waals surface area contributed by atoms with Crippen molar-refractivity contribution in [3.8, 4) is 0 Å². The van der Waals surface area contributed by atoms with Gasteiger partial charge in [0.15, 0.2) is 0 Å². The van der Waals surface area contributed by atoms with E-state index in [-0.39, 0.29) is 16.8 Å². The second-order valence-electron chi connectivity index (χ2n) is 8.46. The Morgan fingerprint density at radius 1 is 1.09 bits per heavy atom. The quantitative estimate of drug-likeness (QED) is 0.447. The van der Waals surface area contributed by atoms with Crippen molar-refractivity contribution < 1.29 is 18.1 Å². The zero-order valence-corrected chi connectivity index (χ0v) is 19.9. The average molecular weight is 461 g/mol. The maximum absolute atomic E-state index is 12.3. The SMILES string of the molecule is CC(C)S(C)(=O)=O.CCC1CCCC1c1ccc(NC(=O)c2ccc([N+](=O)[O-])cc2)cc1. The third-order valence-electron chi connectivity index (χ3n) is 5.98. The van der Waals surface area contributed by atoms with E-state index in [4.69, 9.17) is 0 Å². The van der Waals surface area contributed by atoms with Gasteiger partial charge in [-0.25, -0.2) is 8.42 Å². The minimum absolute atomic E-state index is 0.0251. The van der Waals surface area contributed by atoms with Gasteiger partial charge in [0.25, 0.3) is 11.6 Å². The number of sulfone groups is 1. The maximum atomic E-state index is 12.3. The molecule has 0 aliphatic heterocycles. The lowest BCUT2D eigenvalue weighted by Crippen LogP contribution is -2.12. The normalized spacial score (nSPS) is 18.0. The number of nitrogens with zero attached hydrogens (tertiary/aromatic N) is 1. The number of non-ortho nitro benzene ring substituents is 1. The van der Waals surface area contributed by atoms with Gasteiger partial charge in [0.05, 0.1) is 10.2 Å². The number of amides is 1. The second-order valence-corrected chi connectivity index (χ2v) is 11.1. The summed E-state index contributed by atoms with van der Waals surface area (Å²) in [5.41, 5.74) is 2.45. The highest BCUT2D eigenvalue weighted by Crippen LogP contribution is 2.41. The standard InChI is InChI=1S/C20H22N2O3.C4H10O2S/c1-2-14-4-3-5-19(14)15-6-10-17(11-7-15)21-20(23)16-8-12-18(13-9-16)22(24)25;1-4(2)7(3,5)6/h6-14,19H,2-5H2,1H3,(H,21,23);4H,1-3H3. The summed E-state index contributed by atoms with van der Waals surface area (Å²) in [4.78, 5) is 22.4. The van der Waals surface area contributed by atoms with Crippen LogP contribution in [0.5, 0.6) is 0 Å². The minimum atomic E-state index is -2.74. The second kappa shape index (κ2) is 11.2. The summed E-state index contributed by atoms with van der Waals surface area (Å²) < 4.78 is 20.7. The Labute approximate surface area is 190 Å². The molecule has 2 atom stereocenters. The predicted octanol–water partition coefficient (Wildman–Crippen LogP) is 5.58. The number of nitro groups is 1. The van der Waals surface area contributed by atoms with Crippen LogP contribution in [0.15, 0.2) is 48.5 Å². The summed E-state index contributed by atoms with van der Waals surface area (Å²) >= 11 is 0. The first-order chi connectivity index (χ1) is 15.0. The van der Waals surface area contributed by atoms with Crippen molar-refractivity contribution in [3.63, 3.8) is 0 Å². The van der Waals surface area contributed by atoms with Crippen LogP contribution in [0.4, 0.5) is 11.4 Å². The molecular formula is C24H32N2O5S. The third-order valence-corrected chi connectivity index (χ3v) is 7.69. The first-order valence-electron chi connectivity index (χ1n) is 10.9. The van der Waals surface area contributed by atoms with Crippen molar-refractivity contribution in [1.29, 1.82) is 0 Å². The molecule has 1 aliphatic rings. The van der Waals surface area contributed by atoms with Crippen LogP contribution < -0.4 is 5.32 Å². The Kier molecular flexibility index (Phi) is 8.95. The van der Waals surface area contributed by atoms with Gasteiger partial charge in [-0.2, -0.15) is 0 Å². The molecule has 0 bridgehead atoms. The van der Waals surface area contributed by atoms with Gasteiger partial charge in [-0.3, -0.25) is 14.9 Å². The largest absolute Gasteiger partial charge is 0.322 e. The van der Waals surface area contributed by atoms with Crippen molar-refractivity contribution in [3.05, 3.63) is 69.8 Å². The summed E-state index contributed by atoms with van der Waals surface area (Å²) in [5.74, 6) is 1.12. The van der Waals surface area contributed by atoms with E-state index in [9.17, 15) is 23.3 Å². The van der Waals surface area contributed by atoms with Crippen LogP contribution >= 0.6 is 0 Å². The number of nitrogens with one attached hydrogen (secondary N) is 1. The number of anilines is 1. The molecule has 174 valence electrons. The molecule has 0 saturated heterocycles. The Morgan fingerprint density at radius 2 is 1.66 bits per heavy atom. The van der Waals surface area contributed by atoms with E-state index in [1.165, 1.54) is 61.8 Å². The van der Waals surface area contributed by atoms with Crippen LogP contribution in [-0.4, -0.2) is 30.8 Å². The molecule has 8 heteroatoms. The fourth-order valence-electron chi connectivity index (χ4n) is 3.72. The van der Waals surface area contributed by atoms with Crippen molar-refractivity contribution in [2.75, 3.05) is 11.6 Å². The molecule has 32 heavy (non-hydrogen) atoms. The first kappa shape index (κ1) is 25.5. The molecule has 2 aromatic carbocycles. The fourth-order valence-corrected chi connectivity index (χ4v) is 3.72. The van der Waals surface area contributed by atoms with E-state index < -0.39 is 14.8 Å². The number of hydrogen-bond acceptors (Lipinski definition) is 5. The van der Waals surface area contributed by atoms with Crippen LogP contribution in [0.2, 0.25) is 0 Å². The maximum Gasteiger partial charge on any atom is 0.269 e. The molecule has 7 nitrogen and oxygen atoms in total. The number of hydrogen-bond donors (Lipinski definition) is 1. The van der Waals surface area contributed by atoms with Crippen LogP contribution in [-0.2, 0) is 9.84 Å². The molecule has 0 aromatic heterocycles. The lowest BCUT2D eigenvalue weighted by atomic mass is 9.87. The van der Waals surface area contributed by atoms with E-state index in [2.05, 4.69) is 24.4 Å². The van der Waals surface area contributed by atoms with Gasteiger partial charge in [0, 0.05) is 29.6 Å². The molecule has 0 spiro atoms. The molecule has 1 N–H and O–H groups in total. The van der Waals surface area contributed by atoms with Gasteiger partial charge >= 0.3 is 0 Å². The average Bonchev–Trinajstić information content (AvgIpc) is 3.23. The molecule has 1 fully saturated rings. The molecule has 2 unspecified atom stereocenters. The number of nitro benzene ring substituents is 1. The van der Waals surface area contributed by atoms with Crippen LogP contribution in [0.25, 0.3) is 0 Å². The highest BCUT2D eigenvalue weighted by Gasteiger charge is 2.26. The van der Waals surface area contributed by atoms with Gasteiger partial charge in [0.2, 0.25) is 0 Å². The molecule has 1 aliphatic carbocycles. The van der Waals surface area contributed by atoms with Gasteiger partial charge in [0.1, 0.15) is 9.84 Å². The molecule has 3 rings (SSSR count). The zero-order chi connectivity index (χ0) is 23.9. The highest BCUT2D eigenvalue weighted by atomic mass is 32.2. The Bertz CT molecular complexity index is 1020. The minimum Gasteiger partial charge on any atom is -0.322 e. The van der Waals surface area contributed by atoms with Crippen molar-refractivity contribution >= 4 is 27.1 Å². The monoisotopic (exact) mass is 460 g/mol. The van der Waals surface area contributed by atoms with Crippen molar-refractivity contribution in [2.45, 2.75) is 57.6 Å². The summed E-state index contributed by atoms with van der Waals surface area (Å²) in [6, 6.07) is 13.7. The number of benzene rings is 2. The molecule has 1 saturated carbocycles. The van der Waals surface area contributed by atoms with E-state index in [0.29, 0.717) is 11.5 Å². The third kappa shape index (κ3) is 7.15. The smallest absolute Gasteiger partial charge is 0.269 e. The van der Waals surface area contributed by atoms with Crippen LogP contribution in [0.3, 0.4) is 0 Å². The Hall–Kier alpha value is -2.74. The lowest BCUT2D eigenvalue weighted by molar-refractivity contribution is -0.384. The van der Waals surface area contributed by atoms with E-state index in [0.717, 1.165) is 11.6 Å². The highest BCUT2D eigenvalue weighted by molar-refractivity contribution is 7.91. The summed E-state index contributed by atoms with van der Waals surface area (Å²) in [6.07, 6.45) is 6.29. The topological polar surface area (TPSA) is 106 Å². The van der Waals surface area contributed by atoms with Gasteiger partial charge in [-0.05, 0) is 68.4 Å². The summed E-state index contributed by atoms with van der Waals surface area (Å²) in [5, 5.41) is 13.3. The van der Waals surface area contributed by atoms with Crippen molar-refractivity contribution in [2.24, 2.45) is 5.92 Å². The van der Waals surface area contributed by atoms with Crippen molar-refractivity contribution in [1.82, 2.24) is 0 Å². The predicted molar refractivity (Wildman–Crippen MR) is 128 cm³/mol. The Balaban J connectivity index is 0.000000451. The van der Waals surface area contributed by atoms with E-state index in [1.807, 2.05) is 12.1 Å². The van der Waals surface area contributed by atoms with E-state index >= 15 is 0 Å². The number of carbonyl (C=O) groups excluding carboxylic acids is 1. The molecule has 1 amide bonds. The first-order valence-corrected chi connectivity index (χ1v) is 12.8. The van der Waals surface area contributed by atoms with Gasteiger partial charge < -0.3 is 5.32 Å². The molecule has 0 radical (unpaired) electrons. The summed E-state index contributed by atoms with van der Waals surface area (Å²) in [7, 11) is -2.74. The molecular weight excluding hydrogens is 428 g/mol. The zero-order valence-electron chi connectivity index (χ0n) is 19.1. The van der Waals surface area contributed by atoms with Crippen LogP contribution in [0, 0.1) is 16.0 Å². The molecule has 0 heterocycles. The molecule has 2 aromatic rings.